The third-order valence-corrected chi connectivity index (χ3v) is 6.86. The number of sulfonamides is 1. The predicted octanol–water partition coefficient (Wildman–Crippen LogP) is 2.80. The highest BCUT2D eigenvalue weighted by Gasteiger charge is 2.24. The first kappa shape index (κ1) is 23.6. The molecule has 1 atom stereocenters. The number of nitrogens with zero attached hydrogens (tertiary/aromatic N) is 1. The third-order valence-electron chi connectivity index (χ3n) is 4.67. The lowest BCUT2D eigenvalue weighted by atomic mass is 9.94. The van der Waals surface area contributed by atoms with Crippen LogP contribution < -0.4 is 5.32 Å². The minimum Gasteiger partial charge on any atom is -0.396 e. The Bertz CT molecular complexity index is 713. The van der Waals surface area contributed by atoms with Gasteiger partial charge >= 0.3 is 0 Å². The lowest BCUT2D eigenvalue weighted by molar-refractivity contribution is 0.0941. The van der Waals surface area contributed by atoms with Crippen LogP contribution in [0.15, 0.2) is 23.1 Å². The van der Waals surface area contributed by atoms with E-state index in [1.54, 1.807) is 32.9 Å². The molecule has 0 bridgehead atoms. The summed E-state index contributed by atoms with van der Waals surface area (Å²) in [6, 6.07) is 4.78. The Morgan fingerprint density at radius 3 is 2.37 bits per heavy atom. The first-order valence-corrected chi connectivity index (χ1v) is 11.1. The summed E-state index contributed by atoms with van der Waals surface area (Å²) in [5.41, 5.74) is 0.954. The Hall–Kier alpha value is -1.44. The largest absolute Gasteiger partial charge is 0.396 e. The number of amides is 1. The van der Waals surface area contributed by atoms with Crippen molar-refractivity contribution in [2.45, 2.75) is 52.4 Å². The van der Waals surface area contributed by atoms with Gasteiger partial charge in [-0.05, 0) is 49.3 Å². The molecule has 1 aromatic carbocycles. The maximum Gasteiger partial charge on any atom is 0.251 e. The van der Waals surface area contributed by atoms with Crippen molar-refractivity contribution >= 4 is 15.9 Å². The molecule has 1 amide bonds. The summed E-state index contributed by atoms with van der Waals surface area (Å²) in [4.78, 5) is 12.7. The molecule has 0 radical (unpaired) electrons. The van der Waals surface area contributed by atoms with Gasteiger partial charge in [0.05, 0.1) is 4.90 Å². The third kappa shape index (κ3) is 6.59. The second-order valence-corrected chi connectivity index (χ2v) is 9.19. The quantitative estimate of drug-likeness (QED) is 0.600. The summed E-state index contributed by atoms with van der Waals surface area (Å²) in [5, 5.41) is 12.1. The molecule has 0 aliphatic rings. The van der Waals surface area contributed by atoms with Crippen LogP contribution in [0.1, 0.15) is 56.5 Å². The van der Waals surface area contributed by atoms with Gasteiger partial charge in [-0.3, -0.25) is 4.79 Å². The highest BCUT2D eigenvalue weighted by atomic mass is 32.2. The number of rotatable bonds is 11. The normalized spacial score (nSPS) is 13.2. The van der Waals surface area contributed by atoms with Crippen molar-refractivity contribution in [3.63, 3.8) is 0 Å². The number of aliphatic hydroxyl groups is 1. The van der Waals surface area contributed by atoms with E-state index in [4.69, 9.17) is 0 Å². The Labute approximate surface area is 164 Å². The van der Waals surface area contributed by atoms with Crippen molar-refractivity contribution in [1.82, 2.24) is 9.62 Å². The van der Waals surface area contributed by atoms with Gasteiger partial charge in [-0.1, -0.05) is 33.8 Å². The second-order valence-electron chi connectivity index (χ2n) is 7.29. The summed E-state index contributed by atoms with van der Waals surface area (Å²) in [5.74, 6) is 0.379. The van der Waals surface area contributed by atoms with Gasteiger partial charge in [0, 0.05) is 31.8 Å². The summed E-state index contributed by atoms with van der Waals surface area (Å²) in [6.45, 7) is 10.9. The Morgan fingerprint density at radius 1 is 1.22 bits per heavy atom. The lowest BCUT2D eigenvalue weighted by Crippen LogP contribution is -2.32. The van der Waals surface area contributed by atoms with Crippen LogP contribution in [0.3, 0.4) is 0 Å². The van der Waals surface area contributed by atoms with Gasteiger partial charge in [-0.2, -0.15) is 4.31 Å². The highest BCUT2D eigenvalue weighted by Crippen LogP contribution is 2.21. The average molecular weight is 399 g/mol. The first-order chi connectivity index (χ1) is 12.7. The van der Waals surface area contributed by atoms with Crippen molar-refractivity contribution in [2.75, 3.05) is 26.2 Å². The molecule has 0 aliphatic carbocycles. The molecule has 0 unspecified atom stereocenters. The van der Waals surface area contributed by atoms with Crippen LogP contribution in [0, 0.1) is 18.8 Å². The van der Waals surface area contributed by atoms with Crippen LogP contribution in [0.25, 0.3) is 0 Å². The lowest BCUT2D eigenvalue weighted by Gasteiger charge is -2.21. The maximum atomic E-state index is 12.8. The Morgan fingerprint density at radius 2 is 1.85 bits per heavy atom. The monoisotopic (exact) mass is 398 g/mol. The van der Waals surface area contributed by atoms with E-state index in [-0.39, 0.29) is 23.3 Å². The Balaban J connectivity index is 3.00. The molecule has 154 valence electrons. The smallest absolute Gasteiger partial charge is 0.251 e. The predicted molar refractivity (Wildman–Crippen MR) is 108 cm³/mol. The average Bonchev–Trinajstić information content (AvgIpc) is 2.60. The van der Waals surface area contributed by atoms with E-state index in [1.807, 2.05) is 0 Å². The molecule has 0 aliphatic heterocycles. The van der Waals surface area contributed by atoms with Crippen molar-refractivity contribution in [2.24, 2.45) is 11.8 Å². The zero-order valence-electron chi connectivity index (χ0n) is 17.2. The zero-order valence-corrected chi connectivity index (χ0v) is 18.0. The fraction of sp³-hybridized carbons (Fsp3) is 0.650. The molecule has 0 saturated carbocycles. The molecule has 0 saturated heterocycles. The Kier molecular flexibility index (Phi) is 9.42. The molecule has 7 heteroatoms. The second kappa shape index (κ2) is 10.8. The summed E-state index contributed by atoms with van der Waals surface area (Å²) in [7, 11) is -3.62. The number of hydrogen-bond acceptors (Lipinski definition) is 4. The molecule has 0 aromatic heterocycles. The topological polar surface area (TPSA) is 86.7 Å². The van der Waals surface area contributed by atoms with Crippen molar-refractivity contribution in [1.29, 1.82) is 0 Å². The van der Waals surface area contributed by atoms with Gasteiger partial charge in [-0.15, -0.1) is 0 Å². The van der Waals surface area contributed by atoms with Gasteiger partial charge in [0.25, 0.3) is 5.91 Å². The number of benzene rings is 1. The van der Waals surface area contributed by atoms with E-state index in [0.717, 1.165) is 6.42 Å². The van der Waals surface area contributed by atoms with E-state index < -0.39 is 10.0 Å². The first-order valence-electron chi connectivity index (χ1n) is 9.67. The molecule has 0 fully saturated rings. The zero-order chi connectivity index (χ0) is 20.6. The summed E-state index contributed by atoms with van der Waals surface area (Å²) >= 11 is 0. The van der Waals surface area contributed by atoms with E-state index in [9.17, 15) is 18.3 Å². The fourth-order valence-electron chi connectivity index (χ4n) is 3.21. The van der Waals surface area contributed by atoms with Gasteiger partial charge < -0.3 is 10.4 Å². The van der Waals surface area contributed by atoms with Crippen LogP contribution in [-0.4, -0.2) is 50.0 Å². The minimum atomic E-state index is -3.62. The van der Waals surface area contributed by atoms with Crippen LogP contribution in [0.5, 0.6) is 0 Å². The van der Waals surface area contributed by atoms with E-state index in [1.165, 1.54) is 10.4 Å². The minimum absolute atomic E-state index is 0.0874. The number of aryl methyl sites for hydroxylation is 1. The molecule has 6 nitrogen and oxygen atoms in total. The summed E-state index contributed by atoms with van der Waals surface area (Å²) < 4.78 is 27.0. The summed E-state index contributed by atoms with van der Waals surface area (Å²) in [6.07, 6.45) is 1.55. The van der Waals surface area contributed by atoms with Gasteiger partial charge in [0.2, 0.25) is 10.0 Å². The molecule has 0 spiro atoms. The SMILES string of the molecule is CCN(CC)S(=O)(=O)c1cc(C(=O)NC[C@H](CCO)CC(C)C)ccc1C. The van der Waals surface area contributed by atoms with Gasteiger partial charge in [0.1, 0.15) is 0 Å². The van der Waals surface area contributed by atoms with E-state index in [0.29, 0.717) is 43.1 Å². The molecule has 1 aromatic rings. The number of hydrogen-bond donors (Lipinski definition) is 2. The van der Waals surface area contributed by atoms with Crippen LogP contribution >= 0.6 is 0 Å². The molecule has 2 N–H and O–H groups in total. The van der Waals surface area contributed by atoms with Crippen molar-refractivity contribution < 1.29 is 18.3 Å². The van der Waals surface area contributed by atoms with E-state index >= 15 is 0 Å². The van der Waals surface area contributed by atoms with Gasteiger partial charge in [-0.25, -0.2) is 8.42 Å². The van der Waals surface area contributed by atoms with Crippen LogP contribution in [0.4, 0.5) is 0 Å². The fourth-order valence-corrected chi connectivity index (χ4v) is 4.92. The number of nitrogens with one attached hydrogen (secondary N) is 1. The number of carbonyl (C=O) groups excluding carboxylic acids is 1. The van der Waals surface area contributed by atoms with Crippen molar-refractivity contribution in [3.8, 4) is 0 Å². The molecule has 1 rings (SSSR count). The molecular weight excluding hydrogens is 364 g/mol. The van der Waals surface area contributed by atoms with Gasteiger partial charge in [0.15, 0.2) is 0 Å². The maximum absolute atomic E-state index is 12.8. The highest BCUT2D eigenvalue weighted by molar-refractivity contribution is 7.89. The molecule has 27 heavy (non-hydrogen) atoms. The molecular formula is C20H34N2O4S. The van der Waals surface area contributed by atoms with Crippen LogP contribution in [0.2, 0.25) is 0 Å². The van der Waals surface area contributed by atoms with Crippen LogP contribution in [-0.2, 0) is 10.0 Å². The number of carbonyl (C=O) groups is 1. The standard InChI is InChI=1S/C20H34N2O4S/c1-6-22(7-2)27(25,26)19-13-18(9-8-16(19)5)20(24)21-14-17(10-11-23)12-15(3)4/h8-9,13,15,17,23H,6-7,10-12,14H2,1-5H3,(H,21,24)/t17-/m1/s1. The van der Waals surface area contributed by atoms with E-state index in [2.05, 4.69) is 19.2 Å². The molecule has 0 heterocycles. The number of aliphatic hydroxyl groups excluding tert-OH is 1. The van der Waals surface area contributed by atoms with Crippen molar-refractivity contribution in [3.05, 3.63) is 29.3 Å².